The normalized spacial score (nSPS) is 11.5. The molecule has 0 bridgehead atoms. The number of ether oxygens (including phenoxy) is 1. The van der Waals surface area contributed by atoms with Crippen molar-refractivity contribution in [2.24, 2.45) is 5.73 Å². The van der Waals surface area contributed by atoms with Crippen LogP contribution in [0.15, 0.2) is 54.6 Å². The number of aromatic nitrogens is 1. The molecule has 148 valence electrons. The summed E-state index contributed by atoms with van der Waals surface area (Å²) in [7, 11) is 1.60. The van der Waals surface area contributed by atoms with Gasteiger partial charge in [0.1, 0.15) is 5.75 Å². The summed E-state index contributed by atoms with van der Waals surface area (Å²) in [6, 6.07) is 17.9. The van der Waals surface area contributed by atoms with Gasteiger partial charge in [-0.3, -0.25) is 4.79 Å². The van der Waals surface area contributed by atoms with Crippen LogP contribution in [0.1, 0.15) is 41.3 Å². The standard InChI is InChI=1S/C24H23ClN2O2/c1-14(2)16-8-9-17-21(12-16)27(13-15-7-10-22(29-3)19(25)11-15)20-6-4-5-18(23(17)20)24(26)28/h4-12,14H,13H2,1-3H3,(H2,26,28). The van der Waals surface area contributed by atoms with E-state index in [0.29, 0.717) is 28.8 Å². The third-order valence-electron chi connectivity index (χ3n) is 5.40. The molecule has 1 heterocycles. The quantitative estimate of drug-likeness (QED) is 0.460. The van der Waals surface area contributed by atoms with E-state index in [2.05, 4.69) is 36.6 Å². The van der Waals surface area contributed by atoms with Gasteiger partial charge in [0.2, 0.25) is 5.91 Å². The van der Waals surface area contributed by atoms with Crippen molar-refractivity contribution in [2.75, 3.05) is 7.11 Å². The topological polar surface area (TPSA) is 57.2 Å². The van der Waals surface area contributed by atoms with Crippen LogP contribution in [-0.2, 0) is 6.54 Å². The highest BCUT2D eigenvalue weighted by atomic mass is 35.5. The molecule has 0 spiro atoms. The molecule has 3 aromatic carbocycles. The van der Waals surface area contributed by atoms with Gasteiger partial charge in [-0.25, -0.2) is 0 Å². The molecule has 0 saturated heterocycles. The van der Waals surface area contributed by atoms with Crippen molar-refractivity contribution in [3.63, 3.8) is 0 Å². The number of hydrogen-bond donors (Lipinski definition) is 1. The molecule has 0 radical (unpaired) electrons. The Morgan fingerprint density at radius 2 is 1.90 bits per heavy atom. The van der Waals surface area contributed by atoms with E-state index < -0.39 is 5.91 Å². The van der Waals surface area contributed by atoms with Crippen LogP contribution in [0.5, 0.6) is 5.75 Å². The summed E-state index contributed by atoms with van der Waals surface area (Å²) >= 11 is 6.34. The summed E-state index contributed by atoms with van der Waals surface area (Å²) in [5.41, 5.74) is 10.6. The number of nitrogens with zero attached hydrogens (tertiary/aromatic N) is 1. The Labute approximate surface area is 174 Å². The molecule has 4 nitrogen and oxygen atoms in total. The van der Waals surface area contributed by atoms with Gasteiger partial charge in [0.05, 0.1) is 17.6 Å². The van der Waals surface area contributed by atoms with Crippen molar-refractivity contribution < 1.29 is 9.53 Å². The van der Waals surface area contributed by atoms with E-state index in [0.717, 1.165) is 27.4 Å². The maximum atomic E-state index is 12.1. The Morgan fingerprint density at radius 3 is 2.55 bits per heavy atom. The zero-order valence-electron chi connectivity index (χ0n) is 16.7. The first kappa shape index (κ1) is 19.3. The van der Waals surface area contributed by atoms with Gasteiger partial charge in [0.15, 0.2) is 0 Å². The first-order valence-electron chi connectivity index (χ1n) is 9.57. The molecular weight excluding hydrogens is 384 g/mol. The van der Waals surface area contributed by atoms with E-state index in [1.807, 2.05) is 30.3 Å². The monoisotopic (exact) mass is 406 g/mol. The maximum absolute atomic E-state index is 12.1. The summed E-state index contributed by atoms with van der Waals surface area (Å²) < 4.78 is 7.49. The number of carbonyl (C=O) groups is 1. The second-order valence-corrected chi connectivity index (χ2v) is 7.96. The molecule has 0 saturated carbocycles. The van der Waals surface area contributed by atoms with Crippen LogP contribution in [0, 0.1) is 0 Å². The highest BCUT2D eigenvalue weighted by Crippen LogP contribution is 2.35. The van der Waals surface area contributed by atoms with Crippen LogP contribution in [0.25, 0.3) is 21.8 Å². The molecule has 0 fully saturated rings. The van der Waals surface area contributed by atoms with Crippen molar-refractivity contribution in [3.05, 3.63) is 76.3 Å². The second-order valence-electron chi connectivity index (χ2n) is 7.55. The number of halogens is 1. The van der Waals surface area contributed by atoms with Crippen LogP contribution in [0.4, 0.5) is 0 Å². The summed E-state index contributed by atoms with van der Waals surface area (Å²) in [5, 5.41) is 2.50. The molecule has 0 aliphatic heterocycles. The Kier molecular flexibility index (Phi) is 4.97. The van der Waals surface area contributed by atoms with Crippen molar-refractivity contribution in [3.8, 4) is 5.75 Å². The zero-order chi connectivity index (χ0) is 20.7. The molecule has 5 heteroatoms. The van der Waals surface area contributed by atoms with Gasteiger partial charge >= 0.3 is 0 Å². The lowest BCUT2D eigenvalue weighted by atomic mass is 10.00. The number of carbonyl (C=O) groups excluding carboxylic acids is 1. The van der Waals surface area contributed by atoms with Gasteiger partial charge in [0, 0.05) is 28.4 Å². The van der Waals surface area contributed by atoms with Crippen LogP contribution in [-0.4, -0.2) is 17.6 Å². The average Bonchev–Trinajstić information content (AvgIpc) is 3.01. The molecular formula is C24H23ClN2O2. The van der Waals surface area contributed by atoms with Gasteiger partial charge < -0.3 is 15.0 Å². The fraction of sp³-hybridized carbons (Fsp3) is 0.208. The molecule has 4 rings (SSSR count). The Bertz CT molecular complexity index is 1240. The lowest BCUT2D eigenvalue weighted by Gasteiger charge is -2.11. The molecule has 0 aliphatic carbocycles. The predicted molar refractivity (Wildman–Crippen MR) is 119 cm³/mol. The zero-order valence-corrected chi connectivity index (χ0v) is 17.5. The van der Waals surface area contributed by atoms with Crippen molar-refractivity contribution in [2.45, 2.75) is 26.3 Å². The van der Waals surface area contributed by atoms with E-state index in [1.54, 1.807) is 13.2 Å². The van der Waals surface area contributed by atoms with Crippen molar-refractivity contribution in [1.82, 2.24) is 4.57 Å². The maximum Gasteiger partial charge on any atom is 0.249 e. The van der Waals surface area contributed by atoms with Gasteiger partial charge in [-0.15, -0.1) is 0 Å². The highest BCUT2D eigenvalue weighted by Gasteiger charge is 2.17. The Morgan fingerprint density at radius 1 is 1.10 bits per heavy atom. The third kappa shape index (κ3) is 3.34. The molecule has 4 aromatic rings. The van der Waals surface area contributed by atoms with Crippen LogP contribution < -0.4 is 10.5 Å². The molecule has 0 aliphatic rings. The predicted octanol–water partition coefficient (Wildman–Crippen LogP) is 5.73. The van der Waals surface area contributed by atoms with Gasteiger partial charge in [-0.05, 0) is 47.4 Å². The third-order valence-corrected chi connectivity index (χ3v) is 5.70. The lowest BCUT2D eigenvalue weighted by molar-refractivity contribution is 0.100. The van der Waals surface area contributed by atoms with E-state index in [1.165, 1.54) is 5.56 Å². The molecule has 2 N–H and O–H groups in total. The number of amides is 1. The minimum atomic E-state index is -0.421. The number of methoxy groups -OCH3 is 1. The van der Waals surface area contributed by atoms with Gasteiger partial charge in [-0.1, -0.05) is 49.7 Å². The van der Waals surface area contributed by atoms with Crippen LogP contribution in [0.3, 0.4) is 0 Å². The van der Waals surface area contributed by atoms with E-state index in [4.69, 9.17) is 22.1 Å². The van der Waals surface area contributed by atoms with Crippen molar-refractivity contribution in [1.29, 1.82) is 0 Å². The average molecular weight is 407 g/mol. The fourth-order valence-corrected chi connectivity index (χ4v) is 4.17. The SMILES string of the molecule is COc1ccc(Cn2c3cc(C(C)C)ccc3c3c(C(N)=O)cccc32)cc1Cl. The first-order chi connectivity index (χ1) is 13.9. The molecule has 0 unspecified atom stereocenters. The van der Waals surface area contributed by atoms with E-state index in [9.17, 15) is 4.79 Å². The van der Waals surface area contributed by atoms with Crippen molar-refractivity contribution >= 4 is 39.3 Å². The van der Waals surface area contributed by atoms with Gasteiger partial charge in [-0.2, -0.15) is 0 Å². The van der Waals surface area contributed by atoms with Crippen LogP contribution >= 0.6 is 11.6 Å². The lowest BCUT2D eigenvalue weighted by Crippen LogP contribution is -2.11. The van der Waals surface area contributed by atoms with E-state index >= 15 is 0 Å². The Hall–Kier alpha value is -2.98. The number of rotatable bonds is 5. The minimum absolute atomic E-state index is 0.400. The number of fused-ring (bicyclic) bond motifs is 3. The van der Waals surface area contributed by atoms with E-state index in [-0.39, 0.29) is 0 Å². The largest absolute Gasteiger partial charge is 0.495 e. The van der Waals surface area contributed by atoms with Gasteiger partial charge in [0.25, 0.3) is 0 Å². The number of primary amides is 1. The molecule has 0 atom stereocenters. The summed E-state index contributed by atoms with van der Waals surface area (Å²) in [4.78, 5) is 12.1. The summed E-state index contributed by atoms with van der Waals surface area (Å²) in [6.07, 6.45) is 0. The highest BCUT2D eigenvalue weighted by molar-refractivity contribution is 6.32. The molecule has 1 amide bonds. The minimum Gasteiger partial charge on any atom is -0.495 e. The number of nitrogens with two attached hydrogens (primary N) is 1. The number of hydrogen-bond acceptors (Lipinski definition) is 2. The molecule has 29 heavy (non-hydrogen) atoms. The number of benzene rings is 3. The molecule has 1 aromatic heterocycles. The first-order valence-corrected chi connectivity index (χ1v) is 9.95. The second kappa shape index (κ2) is 7.45. The summed E-state index contributed by atoms with van der Waals surface area (Å²) in [6.45, 7) is 4.96. The summed E-state index contributed by atoms with van der Waals surface area (Å²) in [5.74, 6) is 0.628. The Balaban J connectivity index is 1.99. The van der Waals surface area contributed by atoms with Crippen LogP contribution in [0.2, 0.25) is 5.02 Å². The smallest absolute Gasteiger partial charge is 0.249 e. The fourth-order valence-electron chi connectivity index (χ4n) is 3.89.